The lowest BCUT2D eigenvalue weighted by atomic mass is 9.90. The Morgan fingerprint density at radius 3 is 2.65 bits per heavy atom. The van der Waals surface area contributed by atoms with Gasteiger partial charge in [-0.25, -0.2) is 0 Å². The van der Waals surface area contributed by atoms with Crippen molar-refractivity contribution in [2.24, 2.45) is 0 Å². The summed E-state index contributed by atoms with van der Waals surface area (Å²) >= 11 is 0. The molecule has 17 heavy (non-hydrogen) atoms. The molecule has 4 heteroatoms. The van der Waals surface area contributed by atoms with Gasteiger partial charge in [0, 0.05) is 16.5 Å². The summed E-state index contributed by atoms with van der Waals surface area (Å²) in [5.41, 5.74) is 1.33. The van der Waals surface area contributed by atoms with E-state index in [0.29, 0.717) is 11.3 Å². The Morgan fingerprint density at radius 1 is 1.47 bits per heavy atom. The number of methoxy groups -OCH3 is 1. The Kier molecular flexibility index (Phi) is 3.07. The molecule has 1 aromatic rings. The molecular weight excluding hydrogens is 220 g/mol. The lowest BCUT2D eigenvalue weighted by Gasteiger charge is -2.19. The highest BCUT2D eigenvalue weighted by molar-refractivity contribution is 5.70. The van der Waals surface area contributed by atoms with Crippen molar-refractivity contribution in [2.45, 2.75) is 31.3 Å². The Labute approximate surface area is 99.8 Å². The number of aliphatic hydroxyl groups excluding tert-OH is 1. The van der Waals surface area contributed by atoms with Gasteiger partial charge in [0.1, 0.15) is 5.75 Å². The van der Waals surface area contributed by atoms with Crippen molar-refractivity contribution in [3.05, 3.63) is 29.3 Å². The van der Waals surface area contributed by atoms with Crippen molar-refractivity contribution in [1.82, 2.24) is 0 Å². The maximum Gasteiger partial charge on any atom is 0.304 e. The number of carboxylic acids is 1. The molecule has 0 radical (unpaired) electrons. The quantitative estimate of drug-likeness (QED) is 0.816. The van der Waals surface area contributed by atoms with Crippen LogP contribution in [0.25, 0.3) is 0 Å². The van der Waals surface area contributed by atoms with Crippen LogP contribution in [0.2, 0.25) is 0 Å². The van der Waals surface area contributed by atoms with Crippen molar-refractivity contribution in [3.63, 3.8) is 0 Å². The molecule has 1 fully saturated rings. The highest BCUT2D eigenvalue weighted by Gasteiger charge is 2.47. The minimum absolute atomic E-state index is 0.0971. The summed E-state index contributed by atoms with van der Waals surface area (Å²) in [6, 6.07) is 5.53. The molecule has 0 saturated heterocycles. The van der Waals surface area contributed by atoms with Gasteiger partial charge in [-0.1, -0.05) is 18.2 Å². The van der Waals surface area contributed by atoms with Gasteiger partial charge in [-0.2, -0.15) is 0 Å². The fraction of sp³-hybridized carbons (Fsp3) is 0.462. The average Bonchev–Trinajstić information content (AvgIpc) is 3.07. The van der Waals surface area contributed by atoms with Crippen LogP contribution < -0.4 is 4.74 Å². The van der Waals surface area contributed by atoms with Gasteiger partial charge in [0.05, 0.1) is 20.1 Å². The summed E-state index contributed by atoms with van der Waals surface area (Å²) in [6.07, 6.45) is 1.85. The molecule has 0 unspecified atom stereocenters. The molecule has 0 spiro atoms. The van der Waals surface area contributed by atoms with Gasteiger partial charge in [0.2, 0.25) is 0 Å². The molecule has 1 aromatic carbocycles. The van der Waals surface area contributed by atoms with Gasteiger partial charge in [0.15, 0.2) is 0 Å². The van der Waals surface area contributed by atoms with Gasteiger partial charge in [-0.05, 0) is 12.8 Å². The average molecular weight is 236 g/mol. The van der Waals surface area contributed by atoms with E-state index < -0.39 is 5.97 Å². The second-order valence-electron chi connectivity index (χ2n) is 4.51. The third kappa shape index (κ3) is 2.13. The predicted molar refractivity (Wildman–Crippen MR) is 62.1 cm³/mol. The smallest absolute Gasteiger partial charge is 0.304 e. The number of benzene rings is 1. The van der Waals surface area contributed by atoms with Crippen LogP contribution in [0.15, 0.2) is 18.2 Å². The first-order valence-electron chi connectivity index (χ1n) is 5.62. The molecule has 0 amide bonds. The summed E-state index contributed by atoms with van der Waals surface area (Å²) in [5.74, 6) is -0.160. The van der Waals surface area contributed by atoms with Crippen LogP contribution >= 0.6 is 0 Å². The van der Waals surface area contributed by atoms with E-state index in [2.05, 4.69) is 0 Å². The molecule has 0 bridgehead atoms. The molecule has 4 nitrogen and oxygen atoms in total. The Bertz CT molecular complexity index is 435. The number of para-hydroxylation sites is 1. The molecule has 2 rings (SSSR count). The highest BCUT2D eigenvalue weighted by atomic mass is 16.5. The van der Waals surface area contributed by atoms with Crippen LogP contribution in [0.3, 0.4) is 0 Å². The Morgan fingerprint density at radius 2 is 2.18 bits per heavy atom. The fourth-order valence-electron chi connectivity index (χ4n) is 2.35. The molecule has 2 N–H and O–H groups in total. The van der Waals surface area contributed by atoms with E-state index in [9.17, 15) is 9.90 Å². The number of aliphatic carboxylic acids is 1. The van der Waals surface area contributed by atoms with Gasteiger partial charge in [-0.3, -0.25) is 4.79 Å². The van der Waals surface area contributed by atoms with E-state index in [1.807, 2.05) is 12.1 Å². The number of hydrogen-bond acceptors (Lipinski definition) is 3. The minimum Gasteiger partial charge on any atom is -0.496 e. The van der Waals surface area contributed by atoms with Crippen LogP contribution in [0.1, 0.15) is 30.4 Å². The van der Waals surface area contributed by atoms with Gasteiger partial charge in [0.25, 0.3) is 0 Å². The van der Waals surface area contributed by atoms with Crippen molar-refractivity contribution in [2.75, 3.05) is 7.11 Å². The molecule has 0 aliphatic heterocycles. The number of ether oxygens (including phenoxy) is 1. The second kappa shape index (κ2) is 4.37. The molecule has 0 aromatic heterocycles. The van der Waals surface area contributed by atoms with Crippen LogP contribution in [0.4, 0.5) is 0 Å². The zero-order valence-corrected chi connectivity index (χ0v) is 9.77. The first kappa shape index (κ1) is 11.9. The monoisotopic (exact) mass is 236 g/mol. The number of carboxylic acid groups (broad SMARTS) is 1. The van der Waals surface area contributed by atoms with Gasteiger partial charge >= 0.3 is 5.97 Å². The number of aliphatic hydroxyl groups is 1. The van der Waals surface area contributed by atoms with Crippen LogP contribution in [-0.2, 0) is 16.8 Å². The number of rotatable bonds is 5. The van der Waals surface area contributed by atoms with Crippen LogP contribution in [0.5, 0.6) is 5.75 Å². The van der Waals surface area contributed by atoms with Crippen molar-refractivity contribution in [1.29, 1.82) is 0 Å². The zero-order valence-electron chi connectivity index (χ0n) is 9.77. The molecule has 1 aliphatic rings. The van der Waals surface area contributed by atoms with E-state index in [1.165, 1.54) is 0 Å². The summed E-state index contributed by atoms with van der Waals surface area (Å²) < 4.78 is 5.32. The molecule has 1 saturated carbocycles. The SMILES string of the molecule is COc1c(CO)cccc1C1(CC(=O)O)CC1. The van der Waals surface area contributed by atoms with E-state index in [1.54, 1.807) is 13.2 Å². The van der Waals surface area contributed by atoms with Crippen LogP contribution in [-0.4, -0.2) is 23.3 Å². The molecule has 0 atom stereocenters. The molecule has 0 heterocycles. The maximum absolute atomic E-state index is 10.9. The van der Waals surface area contributed by atoms with Crippen molar-refractivity contribution in [3.8, 4) is 5.75 Å². The summed E-state index contributed by atoms with van der Waals surface area (Å²) in [4.78, 5) is 10.9. The lowest BCUT2D eigenvalue weighted by molar-refractivity contribution is -0.137. The standard InChI is InChI=1S/C13H16O4/c1-17-12-9(8-14)3-2-4-10(12)13(5-6-13)7-11(15)16/h2-4,14H,5-8H2,1H3,(H,15,16). The topological polar surface area (TPSA) is 66.8 Å². The van der Waals surface area contributed by atoms with E-state index >= 15 is 0 Å². The molecule has 1 aliphatic carbocycles. The van der Waals surface area contributed by atoms with Gasteiger partial charge in [-0.15, -0.1) is 0 Å². The number of hydrogen-bond donors (Lipinski definition) is 2. The summed E-state index contributed by atoms with van der Waals surface area (Å²) in [7, 11) is 1.55. The van der Waals surface area contributed by atoms with E-state index in [-0.39, 0.29) is 18.4 Å². The Balaban J connectivity index is 2.41. The normalized spacial score (nSPS) is 16.6. The lowest BCUT2D eigenvalue weighted by Crippen LogP contribution is -2.14. The maximum atomic E-state index is 10.9. The largest absolute Gasteiger partial charge is 0.496 e. The van der Waals surface area contributed by atoms with Crippen LogP contribution in [0, 0.1) is 0 Å². The van der Waals surface area contributed by atoms with Crippen molar-refractivity contribution < 1.29 is 19.7 Å². The third-order valence-electron chi connectivity index (χ3n) is 3.39. The second-order valence-corrected chi connectivity index (χ2v) is 4.51. The molecular formula is C13H16O4. The number of carbonyl (C=O) groups is 1. The van der Waals surface area contributed by atoms with E-state index in [4.69, 9.17) is 9.84 Å². The zero-order chi connectivity index (χ0) is 12.5. The minimum atomic E-state index is -0.793. The van der Waals surface area contributed by atoms with E-state index in [0.717, 1.165) is 18.4 Å². The highest BCUT2D eigenvalue weighted by Crippen LogP contribution is 2.54. The first-order chi connectivity index (χ1) is 8.13. The molecule has 92 valence electrons. The summed E-state index contributed by atoms with van der Waals surface area (Å²) in [6.45, 7) is -0.0971. The Hall–Kier alpha value is -1.55. The summed E-state index contributed by atoms with van der Waals surface area (Å²) in [5, 5.41) is 18.2. The fourth-order valence-corrected chi connectivity index (χ4v) is 2.35. The van der Waals surface area contributed by atoms with Crippen molar-refractivity contribution >= 4 is 5.97 Å². The first-order valence-corrected chi connectivity index (χ1v) is 5.62. The van der Waals surface area contributed by atoms with Gasteiger partial charge < -0.3 is 14.9 Å². The third-order valence-corrected chi connectivity index (χ3v) is 3.39. The predicted octanol–water partition coefficient (Wildman–Crippen LogP) is 1.69.